The molecule has 4 nitrogen and oxygen atoms in total. The van der Waals surface area contributed by atoms with Gasteiger partial charge < -0.3 is 9.64 Å². The van der Waals surface area contributed by atoms with Crippen LogP contribution in [-0.4, -0.2) is 41.2 Å². The lowest BCUT2D eigenvalue weighted by Crippen LogP contribution is -2.44. The van der Waals surface area contributed by atoms with Crippen molar-refractivity contribution >= 4 is 16.8 Å². The maximum atomic E-state index is 11.6. The number of carbonyl (C=O) groups excluding carboxylic acids is 1. The van der Waals surface area contributed by atoms with Gasteiger partial charge in [-0.1, -0.05) is 0 Å². The molecule has 1 heterocycles. The highest BCUT2D eigenvalue weighted by Gasteiger charge is 2.24. The fourth-order valence-corrected chi connectivity index (χ4v) is 2.25. The molecule has 1 aliphatic heterocycles. The van der Waals surface area contributed by atoms with Crippen LogP contribution >= 0.6 is 0 Å². The summed E-state index contributed by atoms with van der Waals surface area (Å²) >= 11 is 0. The molecule has 0 bridgehead atoms. The van der Waals surface area contributed by atoms with Crippen LogP contribution in [0.15, 0.2) is 0 Å². The second kappa shape index (κ2) is 4.29. The van der Waals surface area contributed by atoms with Gasteiger partial charge in [0.2, 0.25) is 0 Å². The Morgan fingerprint density at radius 3 is 2.29 bits per heavy atom. The predicted octanol–water partition coefficient (Wildman–Crippen LogP) is 1.62. The number of ether oxygens (including phenoxy) is 1. The van der Waals surface area contributed by atoms with Gasteiger partial charge in [0.15, 0.2) is 0 Å². The molecule has 14 heavy (non-hydrogen) atoms. The van der Waals surface area contributed by atoms with E-state index in [1.165, 1.54) is 0 Å². The van der Waals surface area contributed by atoms with E-state index in [4.69, 9.17) is 9.52 Å². The average molecular weight is 218 g/mol. The number of nitrogens with zero attached hydrogens (tertiary/aromatic N) is 1. The summed E-state index contributed by atoms with van der Waals surface area (Å²) in [7, 11) is -0.250. The van der Waals surface area contributed by atoms with E-state index in [0.29, 0.717) is 13.1 Å². The topological polar surface area (TPSA) is 53.4 Å². The van der Waals surface area contributed by atoms with Gasteiger partial charge in [0.25, 0.3) is 0 Å². The normalized spacial score (nSPS) is 19.5. The first-order valence-electron chi connectivity index (χ1n) is 4.75. The van der Waals surface area contributed by atoms with Crippen molar-refractivity contribution in [2.24, 2.45) is 0 Å². The standard InChI is InChI=1S/C9H18N2O2S/c1-9(2,3)13-8(12)11-4-6-14(10)7-5-11/h10H,4-7H2,1-3H3. The Morgan fingerprint density at radius 1 is 1.36 bits per heavy atom. The summed E-state index contributed by atoms with van der Waals surface area (Å²) in [5.74, 6) is 1.58. The second-order valence-corrected chi connectivity index (χ2v) is 6.17. The first-order valence-corrected chi connectivity index (χ1v) is 6.31. The second-order valence-electron chi connectivity index (χ2n) is 4.37. The summed E-state index contributed by atoms with van der Waals surface area (Å²) in [6, 6.07) is 0. The molecule has 1 saturated heterocycles. The predicted molar refractivity (Wildman–Crippen MR) is 57.6 cm³/mol. The largest absolute Gasteiger partial charge is 0.444 e. The summed E-state index contributed by atoms with van der Waals surface area (Å²) < 4.78 is 12.8. The fourth-order valence-electron chi connectivity index (χ4n) is 1.16. The highest BCUT2D eigenvalue weighted by molar-refractivity contribution is 7.86. The molecule has 0 aromatic rings. The Kier molecular flexibility index (Phi) is 3.53. The third-order valence-electron chi connectivity index (χ3n) is 1.87. The number of rotatable bonds is 0. The number of nitrogens with one attached hydrogen (secondary N) is 1. The zero-order valence-corrected chi connectivity index (χ0v) is 9.82. The van der Waals surface area contributed by atoms with Crippen molar-refractivity contribution in [3.63, 3.8) is 0 Å². The average Bonchev–Trinajstić information content (AvgIpc) is 2.02. The summed E-state index contributed by atoms with van der Waals surface area (Å²) in [5.41, 5.74) is -0.419. The molecule has 0 radical (unpaired) electrons. The highest BCUT2D eigenvalue weighted by atomic mass is 32.2. The molecule has 0 atom stereocenters. The quantitative estimate of drug-likeness (QED) is 0.671. The number of amides is 1. The van der Waals surface area contributed by atoms with E-state index >= 15 is 0 Å². The third-order valence-corrected chi connectivity index (χ3v) is 3.22. The van der Waals surface area contributed by atoms with Gasteiger partial charge in [-0.15, -0.1) is 10.7 Å². The molecule has 0 aromatic heterocycles. The van der Waals surface area contributed by atoms with E-state index in [1.54, 1.807) is 4.90 Å². The van der Waals surface area contributed by atoms with Crippen LogP contribution in [0.2, 0.25) is 0 Å². The lowest BCUT2D eigenvalue weighted by atomic mass is 10.2. The van der Waals surface area contributed by atoms with Gasteiger partial charge in [-0.2, -0.15) is 0 Å². The van der Waals surface area contributed by atoms with Gasteiger partial charge in [0.05, 0.1) is 0 Å². The van der Waals surface area contributed by atoms with Crippen molar-refractivity contribution < 1.29 is 9.53 Å². The SMILES string of the molecule is CC(C)(C)OC(=O)N1CCS(=N)CC1. The minimum atomic E-state index is -0.419. The van der Waals surface area contributed by atoms with Crippen molar-refractivity contribution in [2.75, 3.05) is 24.6 Å². The van der Waals surface area contributed by atoms with Crippen LogP contribution in [0.25, 0.3) is 0 Å². The van der Waals surface area contributed by atoms with Gasteiger partial charge >= 0.3 is 6.09 Å². The number of hydrogen-bond acceptors (Lipinski definition) is 3. The van der Waals surface area contributed by atoms with Crippen molar-refractivity contribution in [3.8, 4) is 0 Å². The Balaban J connectivity index is 2.42. The van der Waals surface area contributed by atoms with E-state index in [2.05, 4.69) is 0 Å². The van der Waals surface area contributed by atoms with Gasteiger partial charge in [0, 0.05) is 24.6 Å². The van der Waals surface area contributed by atoms with E-state index in [9.17, 15) is 4.79 Å². The minimum absolute atomic E-state index is 0.241. The van der Waals surface area contributed by atoms with Crippen molar-refractivity contribution in [1.29, 1.82) is 4.78 Å². The first-order chi connectivity index (χ1) is 6.38. The fraction of sp³-hybridized carbons (Fsp3) is 0.889. The van der Waals surface area contributed by atoms with Gasteiger partial charge in [-0.05, 0) is 20.8 Å². The van der Waals surface area contributed by atoms with Crippen LogP contribution in [0.5, 0.6) is 0 Å². The van der Waals surface area contributed by atoms with Crippen LogP contribution in [0, 0.1) is 4.78 Å². The molecule has 5 heteroatoms. The lowest BCUT2D eigenvalue weighted by Gasteiger charge is -2.30. The summed E-state index contributed by atoms with van der Waals surface area (Å²) in [6.07, 6.45) is -0.241. The Labute approximate surface area is 87.5 Å². The zero-order valence-electron chi connectivity index (χ0n) is 9.00. The molecule has 1 fully saturated rings. The van der Waals surface area contributed by atoms with Crippen LogP contribution in [-0.2, 0) is 15.4 Å². The van der Waals surface area contributed by atoms with Gasteiger partial charge in [-0.3, -0.25) is 4.78 Å². The van der Waals surface area contributed by atoms with Crippen LogP contribution in [0.3, 0.4) is 0 Å². The molecular weight excluding hydrogens is 200 g/mol. The zero-order chi connectivity index (χ0) is 10.8. The molecule has 1 amide bonds. The maximum Gasteiger partial charge on any atom is 0.410 e. The van der Waals surface area contributed by atoms with Crippen LogP contribution in [0.1, 0.15) is 20.8 Å². The smallest absolute Gasteiger partial charge is 0.410 e. The number of carbonyl (C=O) groups is 1. The molecule has 0 unspecified atom stereocenters. The molecule has 0 aromatic carbocycles. The molecule has 0 aliphatic carbocycles. The molecule has 0 saturated carbocycles. The maximum absolute atomic E-state index is 11.6. The Hall–Kier alpha value is -0.580. The van der Waals surface area contributed by atoms with Crippen molar-refractivity contribution in [1.82, 2.24) is 4.90 Å². The number of hydrogen-bond donors (Lipinski definition) is 1. The van der Waals surface area contributed by atoms with Crippen molar-refractivity contribution in [2.45, 2.75) is 26.4 Å². The Bertz CT molecular complexity index is 238. The van der Waals surface area contributed by atoms with Crippen LogP contribution in [0.4, 0.5) is 4.79 Å². The summed E-state index contributed by atoms with van der Waals surface area (Å²) in [4.78, 5) is 13.3. The van der Waals surface area contributed by atoms with Crippen molar-refractivity contribution in [3.05, 3.63) is 0 Å². The first kappa shape index (κ1) is 11.5. The van der Waals surface area contributed by atoms with E-state index in [0.717, 1.165) is 11.5 Å². The van der Waals surface area contributed by atoms with Crippen LogP contribution < -0.4 is 0 Å². The van der Waals surface area contributed by atoms with Gasteiger partial charge in [-0.25, -0.2) is 4.79 Å². The molecule has 1 rings (SSSR count). The summed E-state index contributed by atoms with van der Waals surface area (Å²) in [5, 5.41) is 0. The van der Waals surface area contributed by atoms with E-state index < -0.39 is 5.60 Å². The Morgan fingerprint density at radius 2 is 1.86 bits per heavy atom. The minimum Gasteiger partial charge on any atom is -0.444 e. The summed E-state index contributed by atoms with van der Waals surface area (Å²) in [6.45, 7) is 6.93. The monoisotopic (exact) mass is 218 g/mol. The molecule has 82 valence electrons. The lowest BCUT2D eigenvalue weighted by molar-refractivity contribution is 0.0269. The van der Waals surface area contributed by atoms with E-state index in [-0.39, 0.29) is 16.8 Å². The highest BCUT2D eigenvalue weighted by Crippen LogP contribution is 2.11. The molecular formula is C9H18N2O2S. The molecule has 1 aliphatic rings. The molecule has 1 N–H and O–H groups in total. The van der Waals surface area contributed by atoms with Gasteiger partial charge in [0.1, 0.15) is 5.60 Å². The third kappa shape index (κ3) is 3.65. The molecule has 0 spiro atoms. The van der Waals surface area contributed by atoms with E-state index in [1.807, 2.05) is 20.8 Å².